The van der Waals surface area contributed by atoms with Gasteiger partial charge in [-0.05, 0) is 18.6 Å². The van der Waals surface area contributed by atoms with Gasteiger partial charge < -0.3 is 0 Å². The normalized spacial score (nSPS) is 21.0. The van der Waals surface area contributed by atoms with Crippen LogP contribution in [-0.2, 0) is 0 Å². The van der Waals surface area contributed by atoms with Gasteiger partial charge in [0.15, 0.2) is 0 Å². The zero-order valence-corrected chi connectivity index (χ0v) is 6.36. The summed E-state index contributed by atoms with van der Waals surface area (Å²) in [4.78, 5) is 4.26. The molecule has 0 spiro atoms. The second-order valence-electron chi connectivity index (χ2n) is 2.59. The molecule has 0 aromatic heterocycles. The monoisotopic (exact) mass is 147 g/mol. The minimum atomic E-state index is 0.801. The molecule has 2 heterocycles. The van der Waals surface area contributed by atoms with Crippen LogP contribution in [0.1, 0.15) is 6.92 Å². The predicted molar refractivity (Wildman–Crippen MR) is 45.5 cm³/mol. The van der Waals surface area contributed by atoms with Crippen molar-refractivity contribution in [3.05, 3.63) is 23.5 Å². The number of nitrogens with zero attached hydrogens (tertiary/aromatic N) is 3. The molecule has 3 heteroatoms. The lowest BCUT2D eigenvalue weighted by atomic mass is 10.2. The van der Waals surface area contributed by atoms with E-state index in [1.54, 1.807) is 6.21 Å². The van der Waals surface area contributed by atoms with Gasteiger partial charge >= 0.3 is 0 Å². The molecule has 2 aliphatic rings. The van der Waals surface area contributed by atoms with Gasteiger partial charge in [-0.1, -0.05) is 0 Å². The van der Waals surface area contributed by atoms with Crippen LogP contribution in [-0.4, -0.2) is 24.0 Å². The molecule has 0 N–H and O–H groups in total. The maximum absolute atomic E-state index is 4.26. The van der Waals surface area contributed by atoms with Gasteiger partial charge in [-0.15, -0.1) is 0 Å². The SMILES string of the molecule is CC1=C2CN(C=CC=N2)N=C1. The smallest absolute Gasteiger partial charge is 0.0834 e. The van der Waals surface area contributed by atoms with Crippen LogP contribution in [0.5, 0.6) is 0 Å². The lowest BCUT2D eigenvalue weighted by Crippen LogP contribution is -2.17. The van der Waals surface area contributed by atoms with E-state index in [2.05, 4.69) is 10.1 Å². The second kappa shape index (κ2) is 2.34. The van der Waals surface area contributed by atoms with Crippen molar-refractivity contribution < 1.29 is 0 Å². The third kappa shape index (κ3) is 1.09. The fraction of sp³-hybridized carbons (Fsp3) is 0.250. The Morgan fingerprint density at radius 2 is 2.45 bits per heavy atom. The molecule has 56 valence electrons. The van der Waals surface area contributed by atoms with Crippen molar-refractivity contribution in [1.82, 2.24) is 5.01 Å². The van der Waals surface area contributed by atoms with Crippen molar-refractivity contribution in [2.45, 2.75) is 6.92 Å². The first-order valence-corrected chi connectivity index (χ1v) is 3.57. The maximum atomic E-state index is 4.26. The van der Waals surface area contributed by atoms with E-state index in [1.807, 2.05) is 30.4 Å². The van der Waals surface area contributed by atoms with Crippen molar-refractivity contribution in [3.8, 4) is 0 Å². The van der Waals surface area contributed by atoms with Crippen LogP contribution < -0.4 is 0 Å². The minimum absolute atomic E-state index is 0.801. The lowest BCUT2D eigenvalue weighted by molar-refractivity contribution is 0.429. The van der Waals surface area contributed by atoms with Gasteiger partial charge in [0.05, 0.1) is 18.5 Å². The molecule has 0 radical (unpaired) electrons. The highest BCUT2D eigenvalue weighted by Gasteiger charge is 2.09. The third-order valence-corrected chi connectivity index (χ3v) is 1.74. The van der Waals surface area contributed by atoms with Gasteiger partial charge in [0.1, 0.15) is 0 Å². The maximum Gasteiger partial charge on any atom is 0.0834 e. The first-order valence-electron chi connectivity index (χ1n) is 3.57. The van der Waals surface area contributed by atoms with Crippen LogP contribution in [0.3, 0.4) is 0 Å². The predicted octanol–water partition coefficient (Wildman–Crippen LogP) is 1.16. The standard InChI is InChI=1S/C8H9N3/c1-7-5-10-11-4-2-3-9-8(7)6-11/h2-5H,6H2,1H3. The molecule has 2 rings (SSSR count). The van der Waals surface area contributed by atoms with E-state index < -0.39 is 0 Å². The molecule has 0 aromatic rings. The Balaban J connectivity index is 2.43. The first-order chi connectivity index (χ1) is 5.36. The van der Waals surface area contributed by atoms with Gasteiger partial charge in [0, 0.05) is 12.4 Å². The molecule has 0 amide bonds. The Kier molecular flexibility index (Phi) is 1.35. The number of allylic oxidation sites excluding steroid dienone is 2. The summed E-state index contributed by atoms with van der Waals surface area (Å²) in [7, 11) is 0. The first kappa shape index (κ1) is 6.34. The van der Waals surface area contributed by atoms with E-state index >= 15 is 0 Å². The third-order valence-electron chi connectivity index (χ3n) is 1.74. The summed E-state index contributed by atoms with van der Waals surface area (Å²) in [6.07, 6.45) is 7.45. The van der Waals surface area contributed by atoms with E-state index in [0.717, 1.165) is 17.8 Å². The topological polar surface area (TPSA) is 28.0 Å². The summed E-state index contributed by atoms with van der Waals surface area (Å²) < 4.78 is 0. The summed E-state index contributed by atoms with van der Waals surface area (Å²) in [5, 5.41) is 6.04. The number of rotatable bonds is 0. The summed E-state index contributed by atoms with van der Waals surface area (Å²) >= 11 is 0. The number of hydrogen-bond donors (Lipinski definition) is 0. The number of hydrogen-bond acceptors (Lipinski definition) is 3. The van der Waals surface area contributed by atoms with Crippen molar-refractivity contribution in [2.75, 3.05) is 6.54 Å². The van der Waals surface area contributed by atoms with Gasteiger partial charge in [-0.3, -0.25) is 10.0 Å². The fourth-order valence-corrected chi connectivity index (χ4v) is 1.06. The molecule has 2 bridgehead atoms. The average Bonchev–Trinajstić information content (AvgIpc) is 2.21. The highest BCUT2D eigenvalue weighted by atomic mass is 15.4. The van der Waals surface area contributed by atoms with Crippen LogP contribution >= 0.6 is 0 Å². The Morgan fingerprint density at radius 3 is 3.36 bits per heavy atom. The summed E-state index contributed by atoms with van der Waals surface area (Å²) in [6.45, 7) is 2.83. The summed E-state index contributed by atoms with van der Waals surface area (Å²) in [5.74, 6) is 0. The van der Waals surface area contributed by atoms with Crippen LogP contribution in [0, 0.1) is 0 Å². The van der Waals surface area contributed by atoms with E-state index in [-0.39, 0.29) is 0 Å². The van der Waals surface area contributed by atoms with E-state index in [1.165, 1.54) is 0 Å². The largest absolute Gasteiger partial charge is 0.267 e. The van der Waals surface area contributed by atoms with E-state index in [9.17, 15) is 0 Å². The van der Waals surface area contributed by atoms with Crippen LogP contribution in [0.2, 0.25) is 0 Å². The Bertz CT molecular complexity index is 284. The molecule has 2 aliphatic heterocycles. The van der Waals surface area contributed by atoms with Crippen molar-refractivity contribution >= 4 is 12.4 Å². The Labute approximate surface area is 65.4 Å². The Hall–Kier alpha value is -1.38. The second-order valence-corrected chi connectivity index (χ2v) is 2.59. The highest BCUT2D eigenvalue weighted by Crippen LogP contribution is 2.13. The average molecular weight is 147 g/mol. The molecule has 0 aliphatic carbocycles. The number of fused-ring (bicyclic) bond motifs is 2. The van der Waals surface area contributed by atoms with Crippen LogP contribution in [0.25, 0.3) is 0 Å². The number of aliphatic imine (C=N–C) groups is 1. The summed E-state index contributed by atoms with van der Waals surface area (Å²) in [5.41, 5.74) is 2.26. The molecular formula is C8H9N3. The van der Waals surface area contributed by atoms with Gasteiger partial charge in [0.2, 0.25) is 0 Å². The summed E-state index contributed by atoms with van der Waals surface area (Å²) in [6, 6.07) is 0. The molecule has 0 saturated carbocycles. The van der Waals surface area contributed by atoms with Gasteiger partial charge in [-0.25, -0.2) is 0 Å². The molecule has 0 atom stereocenters. The fourth-order valence-electron chi connectivity index (χ4n) is 1.06. The number of hydrazone groups is 1. The van der Waals surface area contributed by atoms with Crippen LogP contribution in [0.4, 0.5) is 0 Å². The Morgan fingerprint density at radius 1 is 1.55 bits per heavy atom. The van der Waals surface area contributed by atoms with E-state index in [0.29, 0.717) is 0 Å². The molecule has 0 unspecified atom stereocenters. The van der Waals surface area contributed by atoms with Crippen molar-refractivity contribution in [1.29, 1.82) is 0 Å². The van der Waals surface area contributed by atoms with Gasteiger partial charge in [-0.2, -0.15) is 5.10 Å². The molecular weight excluding hydrogens is 138 g/mol. The molecule has 11 heavy (non-hydrogen) atoms. The van der Waals surface area contributed by atoms with E-state index in [4.69, 9.17) is 0 Å². The quantitative estimate of drug-likeness (QED) is 0.505. The minimum Gasteiger partial charge on any atom is -0.267 e. The van der Waals surface area contributed by atoms with Crippen molar-refractivity contribution in [3.63, 3.8) is 0 Å². The zero-order chi connectivity index (χ0) is 7.68. The molecule has 0 saturated heterocycles. The molecule has 0 aromatic carbocycles. The lowest BCUT2D eigenvalue weighted by Gasteiger charge is -2.17. The highest BCUT2D eigenvalue weighted by molar-refractivity contribution is 5.82. The van der Waals surface area contributed by atoms with Crippen LogP contribution in [0.15, 0.2) is 33.6 Å². The molecule has 3 nitrogen and oxygen atoms in total. The zero-order valence-electron chi connectivity index (χ0n) is 6.36. The van der Waals surface area contributed by atoms with Crippen molar-refractivity contribution in [2.24, 2.45) is 10.1 Å². The molecule has 0 fully saturated rings. The van der Waals surface area contributed by atoms with Gasteiger partial charge in [0.25, 0.3) is 0 Å².